The van der Waals surface area contributed by atoms with Gasteiger partial charge in [-0.05, 0) is 26.0 Å². The lowest BCUT2D eigenvalue weighted by Gasteiger charge is -2.11. The van der Waals surface area contributed by atoms with Crippen molar-refractivity contribution in [3.05, 3.63) is 47.5 Å². The third kappa shape index (κ3) is 2.92. The maximum absolute atomic E-state index is 13.6. The van der Waals surface area contributed by atoms with E-state index in [0.717, 1.165) is 17.3 Å². The Kier molecular flexibility index (Phi) is 3.83. The van der Waals surface area contributed by atoms with Crippen molar-refractivity contribution in [3.63, 3.8) is 0 Å². The molecule has 0 fully saturated rings. The lowest BCUT2D eigenvalue weighted by Crippen LogP contribution is -2.32. The van der Waals surface area contributed by atoms with Crippen molar-refractivity contribution in [2.45, 2.75) is 13.8 Å². The zero-order valence-electron chi connectivity index (χ0n) is 10.6. The molecule has 1 aromatic heterocycles. The number of aryl methyl sites for hydroxylation is 1. The number of hydrogen-bond donors (Lipinski definition) is 2. The highest BCUT2D eigenvalue weighted by atomic mass is 19.1. The highest BCUT2D eigenvalue weighted by Gasteiger charge is 2.17. The molecule has 1 heterocycles. The van der Waals surface area contributed by atoms with Crippen LogP contribution in [0.4, 0.5) is 4.39 Å². The minimum Gasteiger partial charge on any atom is -0.457 e. The molecule has 0 radical (unpaired) electrons. The van der Waals surface area contributed by atoms with E-state index >= 15 is 0 Å². The molecule has 0 aliphatic heterocycles. The van der Waals surface area contributed by atoms with Crippen LogP contribution in [0.15, 0.2) is 30.5 Å². The van der Waals surface area contributed by atoms with Crippen LogP contribution in [0.5, 0.6) is 11.5 Å². The summed E-state index contributed by atoms with van der Waals surface area (Å²) in [7, 11) is -1.83. The fourth-order valence-electron chi connectivity index (χ4n) is 1.64. The third-order valence-corrected chi connectivity index (χ3v) is 2.88. The molecule has 2 aromatic rings. The van der Waals surface area contributed by atoms with Gasteiger partial charge in [0, 0.05) is 29.0 Å². The molecule has 2 N–H and O–H groups in total. The molecule has 0 unspecified atom stereocenters. The smallest absolute Gasteiger partial charge is 0.457 e. The Morgan fingerprint density at radius 2 is 1.95 bits per heavy atom. The largest absolute Gasteiger partial charge is 0.491 e. The van der Waals surface area contributed by atoms with E-state index in [-0.39, 0.29) is 11.2 Å². The number of hydrogen-bond acceptors (Lipinski definition) is 4. The molecule has 98 valence electrons. The molecule has 0 atom stereocenters. The maximum Gasteiger partial charge on any atom is 0.491 e. The number of ether oxygens (including phenoxy) is 1. The highest BCUT2D eigenvalue weighted by molar-refractivity contribution is 6.58. The van der Waals surface area contributed by atoms with Gasteiger partial charge >= 0.3 is 7.12 Å². The first-order chi connectivity index (χ1) is 8.99. The summed E-state index contributed by atoms with van der Waals surface area (Å²) in [6, 6.07) is 5.56. The van der Waals surface area contributed by atoms with Gasteiger partial charge in [0.2, 0.25) is 0 Å². The molecule has 4 nitrogen and oxygen atoms in total. The Balaban J connectivity index is 2.29. The van der Waals surface area contributed by atoms with Gasteiger partial charge in [-0.2, -0.15) is 0 Å². The fourth-order valence-corrected chi connectivity index (χ4v) is 1.64. The zero-order valence-corrected chi connectivity index (χ0v) is 10.6. The Labute approximate surface area is 110 Å². The van der Waals surface area contributed by atoms with Crippen molar-refractivity contribution >= 4 is 12.6 Å². The van der Waals surface area contributed by atoms with Gasteiger partial charge in [0.25, 0.3) is 0 Å². The number of halogens is 1. The van der Waals surface area contributed by atoms with Crippen molar-refractivity contribution in [1.82, 2.24) is 4.98 Å². The Morgan fingerprint density at radius 3 is 2.58 bits per heavy atom. The topological polar surface area (TPSA) is 62.6 Å². The predicted molar refractivity (Wildman–Crippen MR) is 70.0 cm³/mol. The fraction of sp³-hybridized carbons (Fsp3) is 0.154. The van der Waals surface area contributed by atoms with Crippen molar-refractivity contribution in [2.24, 2.45) is 0 Å². The minimum atomic E-state index is -1.83. The number of pyridine rings is 1. The summed E-state index contributed by atoms with van der Waals surface area (Å²) in [6.07, 6.45) is 1.61. The Bertz CT molecular complexity index is 604. The van der Waals surface area contributed by atoms with Crippen molar-refractivity contribution in [2.75, 3.05) is 0 Å². The van der Waals surface area contributed by atoms with E-state index < -0.39 is 12.9 Å². The van der Waals surface area contributed by atoms with E-state index in [1.807, 2.05) is 13.8 Å². The summed E-state index contributed by atoms with van der Waals surface area (Å²) in [5, 5.41) is 17.9. The van der Waals surface area contributed by atoms with Gasteiger partial charge in [0.1, 0.15) is 17.3 Å². The molecular formula is C13H13BFNO3. The van der Waals surface area contributed by atoms with Crippen LogP contribution in [-0.2, 0) is 0 Å². The molecule has 19 heavy (non-hydrogen) atoms. The zero-order chi connectivity index (χ0) is 14.0. The van der Waals surface area contributed by atoms with Gasteiger partial charge in [-0.1, -0.05) is 6.07 Å². The van der Waals surface area contributed by atoms with E-state index in [9.17, 15) is 4.39 Å². The molecule has 2 rings (SSSR count). The Hall–Kier alpha value is -1.92. The molecule has 0 aliphatic carbocycles. The Morgan fingerprint density at radius 1 is 1.21 bits per heavy atom. The summed E-state index contributed by atoms with van der Waals surface area (Å²) < 4.78 is 19.1. The summed E-state index contributed by atoms with van der Waals surface area (Å²) in [6.45, 7) is 3.72. The summed E-state index contributed by atoms with van der Waals surface area (Å²) in [5.41, 5.74) is 1.52. The first-order valence-corrected chi connectivity index (χ1v) is 5.74. The summed E-state index contributed by atoms with van der Waals surface area (Å²) in [5.74, 6) is 0.149. The van der Waals surface area contributed by atoms with Crippen LogP contribution in [0.1, 0.15) is 11.3 Å². The van der Waals surface area contributed by atoms with Gasteiger partial charge in [-0.3, -0.25) is 4.98 Å². The van der Waals surface area contributed by atoms with Crippen LogP contribution in [0.2, 0.25) is 0 Å². The van der Waals surface area contributed by atoms with Gasteiger partial charge in [-0.25, -0.2) is 4.39 Å². The average molecular weight is 261 g/mol. The van der Waals surface area contributed by atoms with Crippen LogP contribution in [0.3, 0.4) is 0 Å². The molecule has 0 bridgehead atoms. The van der Waals surface area contributed by atoms with Crippen LogP contribution in [0.25, 0.3) is 0 Å². The normalized spacial score (nSPS) is 10.4. The first-order valence-electron chi connectivity index (χ1n) is 5.74. The number of rotatable bonds is 3. The van der Waals surface area contributed by atoms with E-state index in [2.05, 4.69) is 4.98 Å². The quantitative estimate of drug-likeness (QED) is 0.818. The van der Waals surface area contributed by atoms with Crippen LogP contribution in [0, 0.1) is 19.7 Å². The van der Waals surface area contributed by atoms with Gasteiger partial charge in [0.15, 0.2) is 0 Å². The second kappa shape index (κ2) is 5.38. The maximum atomic E-state index is 13.6. The van der Waals surface area contributed by atoms with Crippen LogP contribution in [-0.4, -0.2) is 22.2 Å². The van der Waals surface area contributed by atoms with Crippen LogP contribution >= 0.6 is 0 Å². The van der Waals surface area contributed by atoms with Gasteiger partial charge in [-0.15, -0.1) is 0 Å². The lowest BCUT2D eigenvalue weighted by molar-refractivity contribution is 0.422. The summed E-state index contributed by atoms with van der Waals surface area (Å²) in [4.78, 5) is 4.12. The molecule has 1 aromatic carbocycles. The third-order valence-electron chi connectivity index (χ3n) is 2.88. The van der Waals surface area contributed by atoms with E-state index in [4.69, 9.17) is 14.8 Å². The van der Waals surface area contributed by atoms with E-state index in [0.29, 0.717) is 5.75 Å². The number of benzene rings is 1. The lowest BCUT2D eigenvalue weighted by atomic mass is 9.80. The van der Waals surface area contributed by atoms with E-state index in [1.54, 1.807) is 12.3 Å². The number of nitrogens with zero attached hydrogens (tertiary/aromatic N) is 1. The molecule has 0 aliphatic rings. The SMILES string of the molecule is Cc1nccc(Oc2ccc(B(O)O)c(F)c2)c1C. The molecule has 6 heteroatoms. The standard InChI is InChI=1S/C13H13BFNO3/c1-8-9(2)16-6-5-13(8)19-10-3-4-11(14(17)18)12(15)7-10/h3-7,17-18H,1-2H3. The van der Waals surface area contributed by atoms with Crippen molar-refractivity contribution in [1.29, 1.82) is 0 Å². The van der Waals surface area contributed by atoms with Gasteiger partial charge in [0.05, 0.1) is 0 Å². The van der Waals surface area contributed by atoms with Gasteiger partial charge < -0.3 is 14.8 Å². The van der Waals surface area contributed by atoms with Crippen LogP contribution < -0.4 is 10.2 Å². The molecule has 0 amide bonds. The molecule has 0 saturated heterocycles. The molecule has 0 spiro atoms. The predicted octanol–water partition coefficient (Wildman–Crippen LogP) is 1.31. The summed E-state index contributed by atoms with van der Waals surface area (Å²) >= 11 is 0. The second-order valence-electron chi connectivity index (χ2n) is 4.18. The average Bonchev–Trinajstić information content (AvgIpc) is 2.34. The first kappa shape index (κ1) is 13.5. The minimum absolute atomic E-state index is 0.185. The monoisotopic (exact) mass is 261 g/mol. The molecule has 0 saturated carbocycles. The highest BCUT2D eigenvalue weighted by Crippen LogP contribution is 2.25. The van der Waals surface area contributed by atoms with E-state index in [1.165, 1.54) is 12.1 Å². The second-order valence-corrected chi connectivity index (χ2v) is 4.18. The van der Waals surface area contributed by atoms with Crippen molar-refractivity contribution < 1.29 is 19.2 Å². The molecular weight excluding hydrogens is 248 g/mol. The number of aromatic nitrogens is 1. The van der Waals surface area contributed by atoms with Crippen molar-refractivity contribution in [3.8, 4) is 11.5 Å².